The molecule has 0 aliphatic carbocycles. The highest BCUT2D eigenvalue weighted by molar-refractivity contribution is 7.11. The highest BCUT2D eigenvalue weighted by Gasteiger charge is 2.05. The Bertz CT molecular complexity index is 444. The molecule has 6 heteroatoms. The predicted molar refractivity (Wildman–Crippen MR) is 101 cm³/mol. The predicted octanol–water partition coefficient (Wildman–Crippen LogP) is 2.94. The molecule has 0 aliphatic heterocycles. The Morgan fingerprint density at radius 1 is 1.13 bits per heavy atom. The van der Waals surface area contributed by atoms with Crippen LogP contribution in [0, 0.1) is 13.8 Å². The van der Waals surface area contributed by atoms with E-state index >= 15 is 0 Å². The fourth-order valence-corrected chi connectivity index (χ4v) is 3.35. The second-order valence-corrected chi connectivity index (χ2v) is 7.08. The molecule has 0 unspecified atom stereocenters. The topological polar surface area (TPSA) is 52.5 Å². The highest BCUT2D eigenvalue weighted by Crippen LogP contribution is 2.15. The van der Waals surface area contributed by atoms with Crippen molar-refractivity contribution in [2.24, 2.45) is 4.99 Å². The third kappa shape index (κ3) is 7.79. The number of nitrogens with one attached hydrogen (secondary N) is 2. The monoisotopic (exact) mass is 339 g/mol. The fourth-order valence-electron chi connectivity index (χ4n) is 2.47. The molecule has 1 aromatic rings. The lowest BCUT2D eigenvalue weighted by atomic mass is 10.3. The zero-order valence-electron chi connectivity index (χ0n) is 15.4. The Morgan fingerprint density at radius 3 is 2.35 bits per heavy atom. The van der Waals surface area contributed by atoms with Crippen LogP contribution < -0.4 is 10.6 Å². The van der Waals surface area contributed by atoms with Gasteiger partial charge in [-0.2, -0.15) is 0 Å². The molecule has 0 aliphatic rings. The molecular weight excluding hydrogens is 306 g/mol. The summed E-state index contributed by atoms with van der Waals surface area (Å²) in [6.45, 7) is 13.9. The molecule has 23 heavy (non-hydrogen) atoms. The van der Waals surface area contributed by atoms with Crippen LogP contribution in [-0.2, 0) is 6.54 Å². The highest BCUT2D eigenvalue weighted by atomic mass is 32.1. The largest absolute Gasteiger partial charge is 0.356 e. The zero-order chi connectivity index (χ0) is 17.1. The van der Waals surface area contributed by atoms with Crippen molar-refractivity contribution in [3.8, 4) is 0 Å². The number of guanidine groups is 1. The molecule has 0 radical (unpaired) electrons. The van der Waals surface area contributed by atoms with Gasteiger partial charge in [-0.1, -0.05) is 13.8 Å². The maximum atomic E-state index is 4.54. The van der Waals surface area contributed by atoms with E-state index in [0.717, 1.165) is 42.7 Å². The molecule has 2 N–H and O–H groups in total. The van der Waals surface area contributed by atoms with Crippen LogP contribution in [0.3, 0.4) is 0 Å². The average molecular weight is 340 g/mol. The van der Waals surface area contributed by atoms with E-state index in [2.05, 4.69) is 53.2 Å². The number of hydrogen-bond acceptors (Lipinski definition) is 4. The molecule has 0 amide bonds. The molecule has 1 rings (SSSR count). The Balaban J connectivity index is 2.26. The smallest absolute Gasteiger partial charge is 0.191 e. The van der Waals surface area contributed by atoms with Crippen LogP contribution >= 0.6 is 11.3 Å². The van der Waals surface area contributed by atoms with Crippen molar-refractivity contribution in [3.05, 3.63) is 15.6 Å². The van der Waals surface area contributed by atoms with E-state index in [0.29, 0.717) is 0 Å². The van der Waals surface area contributed by atoms with Gasteiger partial charge >= 0.3 is 0 Å². The lowest BCUT2D eigenvalue weighted by molar-refractivity contribution is 0.271. The summed E-state index contributed by atoms with van der Waals surface area (Å²) in [5, 5.41) is 7.84. The summed E-state index contributed by atoms with van der Waals surface area (Å²) in [5.41, 5.74) is 1.13. The lowest BCUT2D eigenvalue weighted by Gasteiger charge is -2.21. The number of aromatic nitrogens is 1. The van der Waals surface area contributed by atoms with E-state index in [4.69, 9.17) is 0 Å². The van der Waals surface area contributed by atoms with E-state index in [1.54, 1.807) is 11.3 Å². The Hall–Kier alpha value is -1.14. The van der Waals surface area contributed by atoms with Gasteiger partial charge < -0.3 is 15.5 Å². The number of hydrogen-bond donors (Lipinski definition) is 2. The Morgan fingerprint density at radius 2 is 1.83 bits per heavy atom. The molecule has 1 heterocycles. The molecule has 0 saturated carbocycles. The summed E-state index contributed by atoms with van der Waals surface area (Å²) in [4.78, 5) is 12.7. The van der Waals surface area contributed by atoms with Crippen LogP contribution in [-0.4, -0.2) is 49.1 Å². The molecule has 5 nitrogen and oxygen atoms in total. The van der Waals surface area contributed by atoms with Gasteiger partial charge in [0.1, 0.15) is 5.01 Å². The standard InChI is InChI=1S/C17H33N5S/c1-6-10-22(11-7-2)12-8-9-19-17(18-5)20-13-16-21-14(3)15(4)23-16/h6-13H2,1-5H3,(H2,18,19,20). The molecule has 0 spiro atoms. The van der Waals surface area contributed by atoms with E-state index in [1.165, 1.54) is 30.8 Å². The maximum Gasteiger partial charge on any atom is 0.191 e. The van der Waals surface area contributed by atoms with Gasteiger partial charge in [-0.15, -0.1) is 11.3 Å². The Labute approximate surface area is 145 Å². The molecule has 0 fully saturated rings. The molecule has 1 aromatic heterocycles. The van der Waals surface area contributed by atoms with Crippen molar-refractivity contribution in [2.45, 2.75) is 53.5 Å². The molecule has 0 bridgehead atoms. The minimum atomic E-state index is 0.733. The van der Waals surface area contributed by atoms with Gasteiger partial charge in [0, 0.05) is 18.5 Å². The molecule has 0 saturated heterocycles. The number of aryl methyl sites for hydroxylation is 2. The van der Waals surface area contributed by atoms with Crippen molar-refractivity contribution in [2.75, 3.05) is 33.2 Å². The van der Waals surface area contributed by atoms with Crippen LogP contribution in [0.5, 0.6) is 0 Å². The van der Waals surface area contributed by atoms with Crippen molar-refractivity contribution in [1.82, 2.24) is 20.5 Å². The van der Waals surface area contributed by atoms with Crippen LogP contribution in [0.15, 0.2) is 4.99 Å². The minimum absolute atomic E-state index is 0.733. The van der Waals surface area contributed by atoms with Gasteiger partial charge in [0.25, 0.3) is 0 Å². The third-order valence-corrected chi connectivity index (χ3v) is 4.80. The first-order valence-electron chi connectivity index (χ1n) is 8.70. The summed E-state index contributed by atoms with van der Waals surface area (Å²) in [6, 6.07) is 0. The Kier molecular flexibility index (Phi) is 9.87. The van der Waals surface area contributed by atoms with Gasteiger partial charge in [0.15, 0.2) is 5.96 Å². The SMILES string of the molecule is CCCN(CCC)CCCNC(=NC)NCc1nc(C)c(C)s1. The maximum absolute atomic E-state index is 4.54. The molecule has 132 valence electrons. The lowest BCUT2D eigenvalue weighted by Crippen LogP contribution is -2.38. The number of aliphatic imine (C=N–C) groups is 1. The molecule has 0 aromatic carbocycles. The van der Waals surface area contributed by atoms with Crippen molar-refractivity contribution in [1.29, 1.82) is 0 Å². The van der Waals surface area contributed by atoms with Crippen LogP contribution in [0.1, 0.15) is 48.7 Å². The minimum Gasteiger partial charge on any atom is -0.356 e. The first-order valence-corrected chi connectivity index (χ1v) is 9.52. The second-order valence-electron chi connectivity index (χ2n) is 5.80. The van der Waals surface area contributed by atoms with Gasteiger partial charge in [-0.05, 0) is 52.7 Å². The number of nitrogens with zero attached hydrogens (tertiary/aromatic N) is 3. The van der Waals surface area contributed by atoms with Gasteiger partial charge in [-0.3, -0.25) is 4.99 Å². The number of thiazole rings is 1. The summed E-state index contributed by atoms with van der Waals surface area (Å²) >= 11 is 1.75. The van der Waals surface area contributed by atoms with E-state index in [9.17, 15) is 0 Å². The molecule has 0 atom stereocenters. The zero-order valence-corrected chi connectivity index (χ0v) is 16.2. The van der Waals surface area contributed by atoms with Gasteiger partial charge in [0.2, 0.25) is 0 Å². The summed E-state index contributed by atoms with van der Waals surface area (Å²) in [7, 11) is 1.81. The van der Waals surface area contributed by atoms with Gasteiger partial charge in [-0.25, -0.2) is 4.98 Å². The van der Waals surface area contributed by atoms with Crippen LogP contribution in [0.4, 0.5) is 0 Å². The van der Waals surface area contributed by atoms with Crippen LogP contribution in [0.2, 0.25) is 0 Å². The summed E-state index contributed by atoms with van der Waals surface area (Å²) < 4.78 is 0. The van der Waals surface area contributed by atoms with Gasteiger partial charge in [0.05, 0.1) is 12.2 Å². The quantitative estimate of drug-likeness (QED) is 0.391. The van der Waals surface area contributed by atoms with Crippen molar-refractivity contribution in [3.63, 3.8) is 0 Å². The summed E-state index contributed by atoms with van der Waals surface area (Å²) in [5.74, 6) is 0.855. The van der Waals surface area contributed by atoms with E-state index < -0.39 is 0 Å². The van der Waals surface area contributed by atoms with Crippen LogP contribution in [0.25, 0.3) is 0 Å². The average Bonchev–Trinajstić information content (AvgIpc) is 2.85. The second kappa shape index (κ2) is 11.4. The first-order chi connectivity index (χ1) is 11.1. The first kappa shape index (κ1) is 19.9. The van der Waals surface area contributed by atoms with Crippen molar-refractivity contribution >= 4 is 17.3 Å². The molecular formula is C17H33N5S. The summed E-state index contributed by atoms with van der Waals surface area (Å²) in [6.07, 6.45) is 3.59. The third-order valence-electron chi connectivity index (χ3n) is 3.73. The number of rotatable bonds is 10. The van der Waals surface area contributed by atoms with Crippen molar-refractivity contribution < 1.29 is 0 Å². The van der Waals surface area contributed by atoms with E-state index in [1.807, 2.05) is 7.05 Å². The fraction of sp³-hybridized carbons (Fsp3) is 0.765. The normalized spacial score (nSPS) is 12.0. The van der Waals surface area contributed by atoms with E-state index in [-0.39, 0.29) is 0 Å².